The summed E-state index contributed by atoms with van der Waals surface area (Å²) in [6.07, 6.45) is 1.17. The van der Waals surface area contributed by atoms with E-state index in [0.29, 0.717) is 33.6 Å². The number of carbonyl (C=O) groups excluding carboxylic acids is 1. The number of fused-ring (bicyclic) bond motifs is 2. The Morgan fingerprint density at radius 2 is 1.79 bits per heavy atom. The zero-order valence-corrected chi connectivity index (χ0v) is 17.3. The number of thioether (sulfide) groups is 1. The Morgan fingerprint density at radius 1 is 1.14 bits per heavy atom. The molecule has 2 atom stereocenters. The second-order valence-electron chi connectivity index (χ2n) is 8.01. The maximum atomic E-state index is 12.8. The van der Waals surface area contributed by atoms with E-state index in [2.05, 4.69) is 18.8 Å². The molecular weight excluding hydrogens is 370 g/mol. The summed E-state index contributed by atoms with van der Waals surface area (Å²) in [6.45, 7) is 6.03. The molecule has 0 unspecified atom stereocenters. The number of hydrogen-bond donors (Lipinski definition) is 0. The predicted octanol–water partition coefficient (Wildman–Crippen LogP) is 3.68. The van der Waals surface area contributed by atoms with Crippen LogP contribution in [0.25, 0.3) is 21.7 Å². The molecule has 0 N–H and O–H groups in total. The highest BCUT2D eigenvalue weighted by Crippen LogP contribution is 2.24. The molecule has 146 valence electrons. The Balaban J connectivity index is 1.60. The molecule has 3 aromatic rings. The molecule has 1 aromatic heterocycles. The van der Waals surface area contributed by atoms with Crippen molar-refractivity contribution >= 4 is 39.3 Å². The minimum Gasteiger partial charge on any atom is -0.341 e. The van der Waals surface area contributed by atoms with E-state index in [9.17, 15) is 9.59 Å². The molecule has 0 aliphatic carbocycles. The van der Waals surface area contributed by atoms with Crippen LogP contribution in [0.3, 0.4) is 0 Å². The van der Waals surface area contributed by atoms with Crippen molar-refractivity contribution in [2.75, 3.05) is 18.8 Å². The summed E-state index contributed by atoms with van der Waals surface area (Å²) in [5, 5.41) is 3.27. The van der Waals surface area contributed by atoms with E-state index < -0.39 is 0 Å². The van der Waals surface area contributed by atoms with E-state index in [1.807, 2.05) is 41.3 Å². The minimum atomic E-state index is -0.0779. The molecule has 2 heterocycles. The van der Waals surface area contributed by atoms with Gasteiger partial charge >= 0.3 is 0 Å². The van der Waals surface area contributed by atoms with Crippen LogP contribution in [0, 0.1) is 11.8 Å². The van der Waals surface area contributed by atoms with Crippen molar-refractivity contribution < 1.29 is 4.79 Å². The lowest BCUT2D eigenvalue weighted by molar-refractivity contribution is -0.130. The molecule has 4 rings (SSSR count). The monoisotopic (exact) mass is 395 g/mol. The number of nitrogens with zero attached hydrogens (tertiary/aromatic N) is 3. The number of piperidine rings is 1. The lowest BCUT2D eigenvalue weighted by atomic mass is 9.92. The van der Waals surface area contributed by atoms with E-state index in [0.717, 1.165) is 23.9 Å². The highest BCUT2D eigenvalue weighted by Gasteiger charge is 2.25. The van der Waals surface area contributed by atoms with Crippen LogP contribution in [0.5, 0.6) is 0 Å². The molecule has 1 aliphatic rings. The number of benzene rings is 2. The average Bonchev–Trinajstić information content (AvgIpc) is 2.67. The molecular formula is C22H25N3O2S. The van der Waals surface area contributed by atoms with Gasteiger partial charge in [0, 0.05) is 20.1 Å². The van der Waals surface area contributed by atoms with Gasteiger partial charge in [-0.3, -0.25) is 14.2 Å². The van der Waals surface area contributed by atoms with Gasteiger partial charge in [0.1, 0.15) is 0 Å². The summed E-state index contributed by atoms with van der Waals surface area (Å²) in [6, 6.07) is 11.8. The van der Waals surface area contributed by atoms with Gasteiger partial charge in [-0.15, -0.1) is 0 Å². The smallest absolute Gasteiger partial charge is 0.261 e. The van der Waals surface area contributed by atoms with E-state index in [-0.39, 0.29) is 11.5 Å². The summed E-state index contributed by atoms with van der Waals surface area (Å²) < 4.78 is 1.55. The largest absolute Gasteiger partial charge is 0.341 e. The van der Waals surface area contributed by atoms with Crippen molar-refractivity contribution in [1.82, 2.24) is 14.5 Å². The highest BCUT2D eigenvalue weighted by atomic mass is 32.2. The molecule has 0 spiro atoms. The Kier molecular flexibility index (Phi) is 5.15. The first-order chi connectivity index (χ1) is 13.4. The third kappa shape index (κ3) is 3.65. The highest BCUT2D eigenvalue weighted by molar-refractivity contribution is 7.99. The summed E-state index contributed by atoms with van der Waals surface area (Å²) in [5.41, 5.74) is 0.600. The molecule has 6 heteroatoms. The maximum Gasteiger partial charge on any atom is 0.261 e. The molecule has 0 radical (unpaired) electrons. The van der Waals surface area contributed by atoms with E-state index in [4.69, 9.17) is 0 Å². The number of likely N-dealkylation sites (tertiary alicyclic amines) is 1. The summed E-state index contributed by atoms with van der Waals surface area (Å²) in [5.74, 6) is 1.50. The normalized spacial score (nSPS) is 20.0. The average molecular weight is 396 g/mol. The first-order valence-electron chi connectivity index (χ1n) is 9.72. The van der Waals surface area contributed by atoms with Crippen molar-refractivity contribution in [3.05, 3.63) is 46.8 Å². The predicted molar refractivity (Wildman–Crippen MR) is 115 cm³/mol. The number of amides is 1. The van der Waals surface area contributed by atoms with E-state index in [1.54, 1.807) is 11.6 Å². The van der Waals surface area contributed by atoms with Crippen molar-refractivity contribution in [2.24, 2.45) is 18.9 Å². The van der Waals surface area contributed by atoms with Crippen LogP contribution < -0.4 is 5.56 Å². The second-order valence-corrected chi connectivity index (χ2v) is 8.95. The zero-order valence-electron chi connectivity index (χ0n) is 16.5. The molecule has 28 heavy (non-hydrogen) atoms. The maximum absolute atomic E-state index is 12.8. The van der Waals surface area contributed by atoms with Gasteiger partial charge in [-0.05, 0) is 41.2 Å². The van der Waals surface area contributed by atoms with Crippen LogP contribution in [0.2, 0.25) is 0 Å². The van der Waals surface area contributed by atoms with Crippen molar-refractivity contribution in [2.45, 2.75) is 25.4 Å². The van der Waals surface area contributed by atoms with E-state index >= 15 is 0 Å². The molecule has 1 amide bonds. The summed E-state index contributed by atoms with van der Waals surface area (Å²) in [7, 11) is 1.72. The van der Waals surface area contributed by atoms with Gasteiger partial charge in [-0.1, -0.05) is 49.9 Å². The van der Waals surface area contributed by atoms with Crippen molar-refractivity contribution in [1.29, 1.82) is 0 Å². The van der Waals surface area contributed by atoms with Gasteiger partial charge in [0.2, 0.25) is 5.91 Å². The fraction of sp³-hybridized carbons (Fsp3) is 0.409. The number of carbonyl (C=O) groups is 1. The SMILES string of the molecule is C[C@H]1C[C@H](C)CN(C(=O)CSc2nc3cc4ccccc4cc3c(=O)n2C)C1. The Labute approximate surface area is 168 Å². The molecule has 0 bridgehead atoms. The van der Waals surface area contributed by atoms with E-state index in [1.165, 1.54) is 18.2 Å². The third-order valence-electron chi connectivity index (χ3n) is 5.45. The van der Waals surface area contributed by atoms with Crippen LogP contribution in [-0.4, -0.2) is 39.2 Å². The lowest BCUT2D eigenvalue weighted by Gasteiger charge is -2.35. The van der Waals surface area contributed by atoms with Gasteiger partial charge in [-0.25, -0.2) is 4.98 Å². The first kappa shape index (κ1) is 19.0. The van der Waals surface area contributed by atoms with Gasteiger partial charge in [0.15, 0.2) is 5.16 Å². The molecule has 5 nitrogen and oxygen atoms in total. The van der Waals surface area contributed by atoms with Gasteiger partial charge < -0.3 is 4.90 Å². The molecule has 1 fully saturated rings. The second kappa shape index (κ2) is 7.59. The van der Waals surface area contributed by atoms with Gasteiger partial charge in [0.05, 0.1) is 16.7 Å². The summed E-state index contributed by atoms with van der Waals surface area (Å²) >= 11 is 1.35. The van der Waals surface area contributed by atoms with Gasteiger partial charge in [0.25, 0.3) is 5.56 Å². The molecule has 1 aliphatic heterocycles. The number of hydrogen-bond acceptors (Lipinski definition) is 4. The molecule has 2 aromatic carbocycles. The Morgan fingerprint density at radius 3 is 2.46 bits per heavy atom. The van der Waals surface area contributed by atoms with Gasteiger partial charge in [-0.2, -0.15) is 0 Å². The van der Waals surface area contributed by atoms with Crippen LogP contribution >= 0.6 is 11.8 Å². The quantitative estimate of drug-likeness (QED) is 0.386. The number of aromatic nitrogens is 2. The Hall–Kier alpha value is -2.34. The lowest BCUT2D eigenvalue weighted by Crippen LogP contribution is -2.43. The first-order valence-corrected chi connectivity index (χ1v) is 10.7. The topological polar surface area (TPSA) is 55.2 Å². The molecule has 1 saturated heterocycles. The Bertz CT molecular complexity index is 1100. The molecule has 0 saturated carbocycles. The fourth-order valence-corrected chi connectivity index (χ4v) is 5.03. The standard InChI is InChI=1S/C22H25N3O2S/c1-14-8-15(2)12-25(11-14)20(26)13-28-22-23-19-10-17-7-5-4-6-16(17)9-18(19)21(27)24(22)3/h4-7,9-10,14-15H,8,11-13H2,1-3H3/t14-,15-/m0/s1. The third-order valence-corrected chi connectivity index (χ3v) is 6.46. The van der Waals surface area contributed by atoms with Crippen molar-refractivity contribution in [3.63, 3.8) is 0 Å². The minimum absolute atomic E-state index is 0.0779. The van der Waals surface area contributed by atoms with Crippen molar-refractivity contribution in [3.8, 4) is 0 Å². The zero-order chi connectivity index (χ0) is 19.8. The van der Waals surface area contributed by atoms with Crippen LogP contribution in [0.4, 0.5) is 0 Å². The van der Waals surface area contributed by atoms with Crippen LogP contribution in [0.15, 0.2) is 46.3 Å². The number of rotatable bonds is 3. The van der Waals surface area contributed by atoms with Crippen LogP contribution in [-0.2, 0) is 11.8 Å². The summed E-state index contributed by atoms with van der Waals surface area (Å²) in [4.78, 5) is 32.2. The fourth-order valence-electron chi connectivity index (χ4n) is 4.15. The van der Waals surface area contributed by atoms with Crippen LogP contribution in [0.1, 0.15) is 20.3 Å².